The molecule has 0 bridgehead atoms. The minimum Gasteiger partial charge on any atom is -0.376 e. The summed E-state index contributed by atoms with van der Waals surface area (Å²) in [7, 11) is 0. The largest absolute Gasteiger partial charge is 0.376 e. The third-order valence-electron chi connectivity index (χ3n) is 6.77. The molecular formula is C26H30N4OS. The van der Waals surface area contributed by atoms with Crippen LogP contribution in [0.15, 0.2) is 54.7 Å². The maximum absolute atomic E-state index is 5.98. The van der Waals surface area contributed by atoms with E-state index in [4.69, 9.17) is 17.0 Å². The van der Waals surface area contributed by atoms with Crippen molar-refractivity contribution in [3.05, 3.63) is 82.9 Å². The molecule has 0 spiro atoms. The third-order valence-corrected chi connectivity index (χ3v) is 7.12. The second-order valence-electron chi connectivity index (χ2n) is 8.86. The smallest absolute Gasteiger partial charge is 0.170 e. The molecule has 2 aromatic heterocycles. The van der Waals surface area contributed by atoms with Crippen LogP contribution in [0.3, 0.4) is 0 Å². The lowest BCUT2D eigenvalue weighted by molar-refractivity contribution is 0.0842. The topological polar surface area (TPSA) is 42.3 Å². The number of hydrogen-bond donors (Lipinski definition) is 1. The molecule has 5 rings (SSSR count). The second kappa shape index (κ2) is 8.68. The highest BCUT2D eigenvalue weighted by Gasteiger charge is 2.42. The first-order valence-electron chi connectivity index (χ1n) is 11.4. The third kappa shape index (κ3) is 3.71. The summed E-state index contributed by atoms with van der Waals surface area (Å²) in [5, 5.41) is 4.36. The molecule has 6 heteroatoms. The van der Waals surface area contributed by atoms with E-state index in [1.807, 2.05) is 18.3 Å². The lowest BCUT2D eigenvalue weighted by Crippen LogP contribution is -2.36. The van der Waals surface area contributed by atoms with E-state index in [1.54, 1.807) is 0 Å². The van der Waals surface area contributed by atoms with Gasteiger partial charge in [-0.05, 0) is 81.2 Å². The fourth-order valence-corrected chi connectivity index (χ4v) is 5.54. The van der Waals surface area contributed by atoms with Gasteiger partial charge in [-0.2, -0.15) is 0 Å². The number of hydrogen-bond acceptors (Lipinski definition) is 3. The number of aryl methyl sites for hydroxylation is 2. The van der Waals surface area contributed by atoms with Crippen molar-refractivity contribution in [3.63, 3.8) is 0 Å². The normalized spacial score (nSPS) is 23.0. The zero-order chi connectivity index (χ0) is 22.2. The van der Waals surface area contributed by atoms with Crippen LogP contribution in [0.2, 0.25) is 0 Å². The summed E-state index contributed by atoms with van der Waals surface area (Å²) in [6.07, 6.45) is 4.28. The van der Waals surface area contributed by atoms with Crippen LogP contribution >= 0.6 is 12.2 Å². The van der Waals surface area contributed by atoms with Gasteiger partial charge in [-0.25, -0.2) is 0 Å². The van der Waals surface area contributed by atoms with Gasteiger partial charge in [-0.3, -0.25) is 4.98 Å². The van der Waals surface area contributed by atoms with Gasteiger partial charge < -0.3 is 19.5 Å². The molecule has 0 aliphatic carbocycles. The van der Waals surface area contributed by atoms with Gasteiger partial charge in [0.05, 0.1) is 23.9 Å². The minimum atomic E-state index is -0.00377. The van der Waals surface area contributed by atoms with Crippen LogP contribution in [0.5, 0.6) is 0 Å². The Balaban J connectivity index is 1.60. The molecule has 3 atom stereocenters. The quantitative estimate of drug-likeness (QED) is 0.562. The molecule has 32 heavy (non-hydrogen) atoms. The van der Waals surface area contributed by atoms with Gasteiger partial charge >= 0.3 is 0 Å². The van der Waals surface area contributed by atoms with Gasteiger partial charge in [0.1, 0.15) is 0 Å². The number of para-hydroxylation sites is 1. The van der Waals surface area contributed by atoms with Crippen molar-refractivity contribution in [1.82, 2.24) is 19.8 Å². The Morgan fingerprint density at radius 2 is 1.94 bits per heavy atom. The minimum absolute atomic E-state index is 0.00377. The van der Waals surface area contributed by atoms with Crippen molar-refractivity contribution < 1.29 is 4.74 Å². The molecule has 4 heterocycles. The Labute approximate surface area is 195 Å². The van der Waals surface area contributed by atoms with E-state index in [1.165, 1.54) is 28.2 Å². The number of ether oxygens (including phenoxy) is 1. The molecule has 2 saturated heterocycles. The molecule has 2 fully saturated rings. The number of nitrogens with zero attached hydrogens (tertiary/aromatic N) is 3. The van der Waals surface area contributed by atoms with Gasteiger partial charge in [-0.15, -0.1) is 0 Å². The highest BCUT2D eigenvalue weighted by Crippen LogP contribution is 2.42. The summed E-state index contributed by atoms with van der Waals surface area (Å²) in [6.45, 7) is 8.21. The Hall–Kier alpha value is -2.70. The molecule has 0 saturated carbocycles. The van der Waals surface area contributed by atoms with Crippen molar-refractivity contribution in [2.75, 3.05) is 13.2 Å². The molecule has 5 nitrogen and oxygen atoms in total. The monoisotopic (exact) mass is 446 g/mol. The molecule has 0 radical (unpaired) electrons. The molecule has 3 aromatic rings. The Bertz CT molecular complexity index is 1120. The van der Waals surface area contributed by atoms with Crippen molar-refractivity contribution >= 4 is 17.3 Å². The number of thiocarbonyl (C=S) groups is 1. The first kappa shape index (κ1) is 21.2. The van der Waals surface area contributed by atoms with E-state index in [2.05, 4.69) is 76.9 Å². The van der Waals surface area contributed by atoms with Crippen LogP contribution in [0.4, 0.5) is 0 Å². The highest BCUT2D eigenvalue weighted by molar-refractivity contribution is 7.80. The molecule has 0 unspecified atom stereocenters. The Kier molecular flexibility index (Phi) is 5.74. The van der Waals surface area contributed by atoms with Crippen molar-refractivity contribution in [2.24, 2.45) is 0 Å². The lowest BCUT2D eigenvalue weighted by atomic mass is 9.96. The van der Waals surface area contributed by atoms with Crippen molar-refractivity contribution in [2.45, 2.75) is 51.8 Å². The number of aromatic nitrogens is 2. The molecule has 2 aliphatic heterocycles. The first-order chi connectivity index (χ1) is 15.5. The Morgan fingerprint density at radius 1 is 1.12 bits per heavy atom. The van der Waals surface area contributed by atoms with E-state index in [-0.39, 0.29) is 18.2 Å². The van der Waals surface area contributed by atoms with E-state index in [0.717, 1.165) is 36.8 Å². The fourth-order valence-electron chi connectivity index (χ4n) is 5.22. The lowest BCUT2D eigenvalue weighted by Gasteiger charge is -2.30. The van der Waals surface area contributed by atoms with Crippen molar-refractivity contribution in [1.29, 1.82) is 0 Å². The van der Waals surface area contributed by atoms with Crippen LogP contribution in [0, 0.1) is 20.8 Å². The van der Waals surface area contributed by atoms with Gasteiger partial charge in [0.25, 0.3) is 0 Å². The number of nitrogens with one attached hydrogen (secondary N) is 1. The van der Waals surface area contributed by atoms with E-state index in [9.17, 15) is 0 Å². The summed E-state index contributed by atoms with van der Waals surface area (Å²) < 4.78 is 8.35. The maximum Gasteiger partial charge on any atom is 0.170 e. The molecule has 0 amide bonds. The molecule has 166 valence electrons. The molecule has 2 aliphatic rings. The van der Waals surface area contributed by atoms with Crippen LogP contribution in [-0.2, 0) is 4.74 Å². The van der Waals surface area contributed by atoms with Crippen LogP contribution in [0.1, 0.15) is 53.1 Å². The van der Waals surface area contributed by atoms with E-state index in [0.29, 0.717) is 0 Å². The molecule has 1 N–H and O–H groups in total. The van der Waals surface area contributed by atoms with Crippen LogP contribution in [-0.4, -0.2) is 38.8 Å². The maximum atomic E-state index is 5.98. The zero-order valence-corrected chi connectivity index (χ0v) is 19.7. The summed E-state index contributed by atoms with van der Waals surface area (Å²) in [5.74, 6) is 0. The number of pyridine rings is 1. The average molecular weight is 447 g/mol. The fraction of sp³-hybridized carbons (Fsp3) is 0.385. The standard InChI is InChI=1S/C26H30N4OS/c1-17-9-4-5-12-23(17)30-18(2)15-21(19(30)3)25-24(22-11-6-7-13-27-22)28-26(32)29(25)16-20-10-8-14-31-20/h4-7,9,11-13,15,20,24-25H,8,10,14,16H2,1-3H3,(H,28,32)/t20-,24+,25+/m0/s1. The van der Waals surface area contributed by atoms with Gasteiger partial charge in [-0.1, -0.05) is 24.3 Å². The second-order valence-corrected chi connectivity index (χ2v) is 9.25. The highest BCUT2D eigenvalue weighted by atomic mass is 32.1. The Morgan fingerprint density at radius 3 is 2.66 bits per heavy atom. The summed E-state index contributed by atoms with van der Waals surface area (Å²) >= 11 is 5.85. The average Bonchev–Trinajstić information content (AvgIpc) is 3.49. The molecular weight excluding hydrogens is 416 g/mol. The summed E-state index contributed by atoms with van der Waals surface area (Å²) in [5.41, 5.74) is 7.25. The van der Waals surface area contributed by atoms with E-state index < -0.39 is 0 Å². The van der Waals surface area contributed by atoms with Crippen molar-refractivity contribution in [3.8, 4) is 5.69 Å². The molecule has 1 aromatic carbocycles. The summed E-state index contributed by atoms with van der Waals surface area (Å²) in [4.78, 5) is 7.01. The first-order valence-corrected chi connectivity index (χ1v) is 11.8. The number of benzene rings is 1. The predicted octanol–water partition coefficient (Wildman–Crippen LogP) is 4.95. The van der Waals surface area contributed by atoms with Crippen LogP contribution < -0.4 is 5.32 Å². The van der Waals surface area contributed by atoms with E-state index >= 15 is 0 Å². The van der Waals surface area contributed by atoms with Gasteiger partial charge in [0, 0.05) is 36.4 Å². The predicted molar refractivity (Wildman–Crippen MR) is 131 cm³/mol. The zero-order valence-electron chi connectivity index (χ0n) is 18.9. The number of rotatable bonds is 5. The van der Waals surface area contributed by atoms with Gasteiger partial charge in [0.15, 0.2) is 5.11 Å². The summed E-state index contributed by atoms with van der Waals surface area (Å²) in [6, 6.07) is 17.0. The SMILES string of the molecule is Cc1ccccc1-n1c(C)cc([C@@H]2[C@@H](c3ccccn3)NC(=S)N2C[C@@H]2CCCO2)c1C. The van der Waals surface area contributed by atoms with Crippen LogP contribution in [0.25, 0.3) is 5.69 Å². The van der Waals surface area contributed by atoms with Gasteiger partial charge in [0.2, 0.25) is 0 Å².